The molecule has 1 aliphatic rings. The largest absolute Gasteiger partial charge is 0.452 e. The fraction of sp³-hybridized carbons (Fsp3) is 0.588. The van der Waals surface area contributed by atoms with Gasteiger partial charge in [-0.1, -0.05) is 5.57 Å². The maximum absolute atomic E-state index is 13.1. The molecule has 13 heteroatoms. The molecule has 0 amide bonds. The molecule has 1 saturated heterocycles. The third kappa shape index (κ3) is 5.22. The van der Waals surface area contributed by atoms with Gasteiger partial charge in [-0.3, -0.25) is 19.1 Å². The molecule has 1 aromatic rings. The van der Waals surface area contributed by atoms with Crippen LogP contribution in [-0.4, -0.2) is 68.3 Å². The Kier molecular flexibility index (Phi) is 7.71. The SMILES string of the molecule is C=C(C)CCNC(C(=O)C(F)(F)F)c1cn([C@@H]2O[C@H](CO)[C@@H](O)[C@H]2O)c(=S)[nH]c1=O. The first-order valence-electron chi connectivity index (χ1n) is 8.85. The maximum Gasteiger partial charge on any atom is 0.452 e. The van der Waals surface area contributed by atoms with Crippen LogP contribution in [-0.2, 0) is 9.53 Å². The van der Waals surface area contributed by atoms with Crippen molar-refractivity contribution in [1.29, 1.82) is 0 Å². The van der Waals surface area contributed by atoms with Gasteiger partial charge in [0.2, 0.25) is 0 Å². The number of hydrogen-bond acceptors (Lipinski definition) is 8. The number of aliphatic hydroxyl groups is 3. The number of ether oxygens (including phenoxy) is 1. The zero-order chi connectivity index (χ0) is 22.8. The van der Waals surface area contributed by atoms with Crippen LogP contribution < -0.4 is 10.9 Å². The van der Waals surface area contributed by atoms with E-state index in [4.69, 9.17) is 17.0 Å². The van der Waals surface area contributed by atoms with Crippen LogP contribution >= 0.6 is 12.2 Å². The van der Waals surface area contributed by atoms with Gasteiger partial charge in [-0.05, 0) is 32.1 Å². The van der Waals surface area contributed by atoms with E-state index in [2.05, 4.69) is 16.9 Å². The van der Waals surface area contributed by atoms with E-state index >= 15 is 0 Å². The smallest absolute Gasteiger partial charge is 0.394 e. The van der Waals surface area contributed by atoms with Crippen LogP contribution in [0, 0.1) is 4.77 Å². The maximum atomic E-state index is 13.1. The first-order valence-corrected chi connectivity index (χ1v) is 9.26. The van der Waals surface area contributed by atoms with Gasteiger partial charge in [-0.15, -0.1) is 6.58 Å². The van der Waals surface area contributed by atoms with Gasteiger partial charge in [0, 0.05) is 6.20 Å². The molecule has 1 unspecified atom stereocenters. The number of rotatable bonds is 8. The third-order valence-electron chi connectivity index (χ3n) is 4.54. The second-order valence-electron chi connectivity index (χ2n) is 6.94. The number of carbonyl (C=O) groups is 1. The average molecular weight is 453 g/mol. The number of hydrogen-bond donors (Lipinski definition) is 5. The first-order chi connectivity index (χ1) is 13.9. The van der Waals surface area contributed by atoms with E-state index in [-0.39, 0.29) is 17.7 Å². The minimum absolute atomic E-state index is 0.0647. The number of aliphatic hydroxyl groups excluding tert-OH is 3. The number of aromatic nitrogens is 2. The van der Waals surface area contributed by atoms with Crippen molar-refractivity contribution < 1.29 is 38.0 Å². The molecule has 2 rings (SSSR count). The molecule has 1 aliphatic heterocycles. The number of H-pyrrole nitrogens is 1. The van der Waals surface area contributed by atoms with Crippen molar-refractivity contribution in [3.05, 3.63) is 39.0 Å². The molecule has 2 heterocycles. The molecule has 30 heavy (non-hydrogen) atoms. The standard InChI is InChI=1S/C17H22F3N3O6S/c1-7(2)3-4-21-10(13(27)17(18,19)20)8-5-23(16(30)22-14(8)28)15-12(26)11(25)9(6-24)29-15/h5,9-12,15,21,24-26H,1,3-4,6H2,2H3,(H,22,28,30)/t9-,10?,11-,12-,15-/m1/s1. The Morgan fingerprint density at radius 3 is 2.57 bits per heavy atom. The molecule has 9 nitrogen and oxygen atoms in total. The average Bonchev–Trinajstić information content (AvgIpc) is 2.93. The van der Waals surface area contributed by atoms with Crippen molar-refractivity contribution >= 4 is 18.0 Å². The van der Waals surface area contributed by atoms with E-state index in [0.29, 0.717) is 5.57 Å². The number of nitrogens with one attached hydrogen (secondary N) is 2. The second-order valence-corrected chi connectivity index (χ2v) is 7.32. The molecular weight excluding hydrogens is 431 g/mol. The molecule has 0 aromatic carbocycles. The van der Waals surface area contributed by atoms with Crippen molar-refractivity contribution in [2.45, 2.75) is 50.1 Å². The second kappa shape index (κ2) is 9.49. The molecule has 0 saturated carbocycles. The fourth-order valence-corrected chi connectivity index (χ4v) is 3.19. The highest BCUT2D eigenvalue weighted by molar-refractivity contribution is 7.71. The Morgan fingerprint density at radius 2 is 2.07 bits per heavy atom. The highest BCUT2D eigenvalue weighted by Gasteiger charge is 2.46. The summed E-state index contributed by atoms with van der Waals surface area (Å²) >= 11 is 4.98. The Bertz CT molecular complexity index is 915. The van der Waals surface area contributed by atoms with Crippen molar-refractivity contribution in [3.8, 4) is 0 Å². The summed E-state index contributed by atoms with van der Waals surface area (Å²) in [5, 5.41) is 31.7. The van der Waals surface area contributed by atoms with Gasteiger partial charge in [0.1, 0.15) is 24.4 Å². The van der Waals surface area contributed by atoms with Crippen molar-refractivity contribution in [3.63, 3.8) is 0 Å². The summed E-state index contributed by atoms with van der Waals surface area (Å²) in [4.78, 5) is 26.5. The highest BCUT2D eigenvalue weighted by Crippen LogP contribution is 2.30. The number of aromatic amines is 1. The predicted octanol–water partition coefficient (Wildman–Crippen LogP) is 0.246. The third-order valence-corrected chi connectivity index (χ3v) is 4.85. The lowest BCUT2D eigenvalue weighted by Crippen LogP contribution is -2.41. The molecule has 0 aliphatic carbocycles. The minimum atomic E-state index is -5.23. The summed E-state index contributed by atoms with van der Waals surface area (Å²) in [6.45, 7) is 4.56. The van der Waals surface area contributed by atoms with E-state index in [0.717, 1.165) is 10.8 Å². The topological polar surface area (TPSA) is 137 Å². The molecule has 0 bridgehead atoms. The molecule has 5 atom stereocenters. The number of Topliss-reactive ketones (excluding diaryl/α,β-unsaturated/α-hetero) is 1. The zero-order valence-corrected chi connectivity index (χ0v) is 16.7. The highest BCUT2D eigenvalue weighted by atomic mass is 32.1. The number of alkyl halides is 3. The summed E-state index contributed by atoms with van der Waals surface area (Å²) in [5.41, 5.74) is -0.990. The molecule has 1 fully saturated rings. The van der Waals surface area contributed by atoms with Gasteiger partial charge in [0.05, 0.1) is 12.2 Å². The molecular formula is C17H22F3N3O6S. The summed E-state index contributed by atoms with van der Waals surface area (Å²) in [5.74, 6) is -2.19. The van der Waals surface area contributed by atoms with Crippen LogP contribution in [0.4, 0.5) is 13.2 Å². The molecule has 0 spiro atoms. The summed E-state index contributed by atoms with van der Waals surface area (Å²) < 4.78 is 45.3. The van der Waals surface area contributed by atoms with Crippen LogP contribution in [0.3, 0.4) is 0 Å². The lowest BCUT2D eigenvalue weighted by molar-refractivity contribution is -0.173. The molecule has 0 radical (unpaired) electrons. The summed E-state index contributed by atoms with van der Waals surface area (Å²) in [6, 6.07) is -2.05. The summed E-state index contributed by atoms with van der Waals surface area (Å²) in [7, 11) is 0. The van der Waals surface area contributed by atoms with Gasteiger partial charge in [-0.25, -0.2) is 0 Å². The zero-order valence-electron chi connectivity index (χ0n) is 15.8. The van der Waals surface area contributed by atoms with Crippen LogP contribution in [0.25, 0.3) is 0 Å². The number of carbonyl (C=O) groups excluding carboxylic acids is 1. The fourth-order valence-electron chi connectivity index (χ4n) is 2.94. The van der Waals surface area contributed by atoms with E-state index in [9.17, 15) is 38.1 Å². The Balaban J connectivity index is 2.50. The van der Waals surface area contributed by atoms with Crippen LogP contribution in [0.5, 0.6) is 0 Å². The molecule has 1 aromatic heterocycles. The van der Waals surface area contributed by atoms with Crippen LogP contribution in [0.2, 0.25) is 0 Å². The van der Waals surface area contributed by atoms with Gasteiger partial charge < -0.3 is 25.4 Å². The Morgan fingerprint density at radius 1 is 1.43 bits per heavy atom. The van der Waals surface area contributed by atoms with Gasteiger partial charge in [-0.2, -0.15) is 13.2 Å². The van der Waals surface area contributed by atoms with E-state index in [1.54, 1.807) is 6.92 Å². The minimum Gasteiger partial charge on any atom is -0.394 e. The Hall–Kier alpha value is -1.90. The van der Waals surface area contributed by atoms with Crippen molar-refractivity contribution in [1.82, 2.24) is 14.9 Å². The van der Waals surface area contributed by atoms with Crippen LogP contribution in [0.15, 0.2) is 23.1 Å². The van der Waals surface area contributed by atoms with Crippen molar-refractivity contribution in [2.24, 2.45) is 0 Å². The lowest BCUT2D eigenvalue weighted by atomic mass is 10.0. The van der Waals surface area contributed by atoms with Gasteiger partial charge in [0.15, 0.2) is 11.0 Å². The summed E-state index contributed by atoms with van der Waals surface area (Å²) in [6.07, 6.45) is -9.79. The molecule has 168 valence electrons. The van der Waals surface area contributed by atoms with Gasteiger partial charge >= 0.3 is 6.18 Å². The number of halogens is 3. The normalized spacial score (nSPS) is 25.3. The van der Waals surface area contributed by atoms with E-state index in [1.807, 2.05) is 0 Å². The van der Waals surface area contributed by atoms with Gasteiger partial charge in [0.25, 0.3) is 11.3 Å². The number of ketones is 1. The predicted molar refractivity (Wildman–Crippen MR) is 100 cm³/mol. The Labute approximate surface area is 173 Å². The number of nitrogens with zero attached hydrogens (tertiary/aromatic N) is 1. The van der Waals surface area contributed by atoms with E-state index < -0.39 is 60.3 Å². The lowest BCUT2D eigenvalue weighted by Gasteiger charge is -2.23. The van der Waals surface area contributed by atoms with Crippen LogP contribution in [0.1, 0.15) is 31.2 Å². The monoisotopic (exact) mass is 453 g/mol. The van der Waals surface area contributed by atoms with E-state index in [1.165, 1.54) is 0 Å². The van der Waals surface area contributed by atoms with Crippen molar-refractivity contribution in [2.75, 3.05) is 13.2 Å². The molecule has 5 N–H and O–H groups in total. The first kappa shape index (κ1) is 24.4. The quantitative estimate of drug-likeness (QED) is 0.279.